The summed E-state index contributed by atoms with van der Waals surface area (Å²) < 4.78 is 0. The van der Waals surface area contributed by atoms with Crippen molar-refractivity contribution in [3.63, 3.8) is 0 Å². The molecule has 0 saturated carbocycles. The molecule has 0 spiro atoms. The average Bonchev–Trinajstić information content (AvgIpc) is 2.86. The van der Waals surface area contributed by atoms with Gasteiger partial charge in [-0.2, -0.15) is 0 Å². The molecule has 2 atom stereocenters. The van der Waals surface area contributed by atoms with Crippen molar-refractivity contribution in [3.05, 3.63) is 0 Å². The van der Waals surface area contributed by atoms with Gasteiger partial charge in [0.25, 0.3) is 0 Å². The van der Waals surface area contributed by atoms with Gasteiger partial charge in [0, 0.05) is 25.8 Å². The summed E-state index contributed by atoms with van der Waals surface area (Å²) in [5.41, 5.74) is 7.60. The van der Waals surface area contributed by atoms with Crippen molar-refractivity contribution in [1.82, 2.24) is 16.1 Å². The zero-order chi connectivity index (χ0) is 28.6. The van der Waals surface area contributed by atoms with Crippen LogP contribution in [0.15, 0.2) is 0 Å². The highest BCUT2D eigenvalue weighted by Crippen LogP contribution is 2.12. The molecule has 0 rings (SSSR count). The normalized spacial score (nSPS) is 12.4. The minimum Gasteiger partial charge on any atom is -0.481 e. The fraction of sp³-hybridized carbons (Fsp3) is 0.808. The number of unbranched alkanes of at least 4 members (excludes halogenated alkanes) is 11. The van der Waals surface area contributed by atoms with Crippen molar-refractivity contribution in [2.75, 3.05) is 6.54 Å². The Balaban J connectivity index is 3.81. The average molecular weight is 544 g/mol. The number of hydrogen-bond acceptors (Lipinski definition) is 7. The number of amides is 3. The minimum absolute atomic E-state index is 0.0400. The van der Waals surface area contributed by atoms with Gasteiger partial charge in [0.2, 0.25) is 17.7 Å². The third-order valence-corrected chi connectivity index (χ3v) is 6.37. The molecule has 0 aromatic rings. The van der Waals surface area contributed by atoms with Crippen LogP contribution in [0.2, 0.25) is 0 Å². The first-order valence-corrected chi connectivity index (χ1v) is 13.9. The Kier molecular flexibility index (Phi) is 21.7. The van der Waals surface area contributed by atoms with E-state index in [1.165, 1.54) is 12.8 Å². The first-order valence-electron chi connectivity index (χ1n) is 13.9. The van der Waals surface area contributed by atoms with Crippen LogP contribution >= 0.6 is 0 Å². The highest BCUT2D eigenvalue weighted by atomic mass is 16.4. The van der Waals surface area contributed by atoms with Crippen LogP contribution in [0.4, 0.5) is 0 Å². The van der Waals surface area contributed by atoms with Crippen LogP contribution in [0.5, 0.6) is 0 Å². The summed E-state index contributed by atoms with van der Waals surface area (Å²) in [7, 11) is 0. The molecule has 12 nitrogen and oxygen atoms in total. The lowest BCUT2D eigenvalue weighted by atomic mass is 10.0. The molecule has 0 aliphatic carbocycles. The maximum Gasteiger partial charge on any atom is 0.322 e. The number of hydrogen-bond donors (Lipinski definition) is 7. The largest absolute Gasteiger partial charge is 0.481 e. The van der Waals surface area contributed by atoms with Gasteiger partial charge in [0.15, 0.2) is 0 Å². The summed E-state index contributed by atoms with van der Waals surface area (Å²) in [6.07, 6.45) is 13.5. The molecule has 0 bridgehead atoms. The van der Waals surface area contributed by atoms with E-state index in [2.05, 4.69) is 16.1 Å². The zero-order valence-electron chi connectivity index (χ0n) is 22.7. The minimum atomic E-state index is -1.03. The Morgan fingerprint density at radius 3 is 1.61 bits per heavy atom. The van der Waals surface area contributed by atoms with E-state index in [1.54, 1.807) is 0 Å². The van der Waals surface area contributed by atoms with Crippen molar-refractivity contribution in [2.45, 2.75) is 128 Å². The molecule has 0 fully saturated rings. The summed E-state index contributed by atoms with van der Waals surface area (Å²) in [4.78, 5) is 57.2. The van der Waals surface area contributed by atoms with E-state index in [0.29, 0.717) is 32.2 Å². The van der Waals surface area contributed by atoms with Crippen LogP contribution in [0.1, 0.15) is 116 Å². The molecular formula is C26H49N5O7. The van der Waals surface area contributed by atoms with Gasteiger partial charge in [0.1, 0.15) is 12.1 Å². The highest BCUT2D eigenvalue weighted by molar-refractivity contribution is 5.87. The molecule has 3 amide bonds. The number of carbonyl (C=O) groups is 5. The third-order valence-electron chi connectivity index (χ3n) is 6.37. The van der Waals surface area contributed by atoms with Gasteiger partial charge < -0.3 is 26.6 Å². The van der Waals surface area contributed by atoms with Crippen LogP contribution in [-0.4, -0.2) is 58.5 Å². The van der Waals surface area contributed by atoms with E-state index in [-0.39, 0.29) is 31.1 Å². The van der Waals surface area contributed by atoms with E-state index in [1.807, 2.05) is 0 Å². The number of aliphatic carboxylic acids is 2. The molecule has 38 heavy (non-hydrogen) atoms. The Morgan fingerprint density at radius 1 is 0.605 bits per heavy atom. The van der Waals surface area contributed by atoms with E-state index in [4.69, 9.17) is 21.8 Å². The van der Waals surface area contributed by atoms with Crippen molar-refractivity contribution in [1.29, 1.82) is 0 Å². The van der Waals surface area contributed by atoms with Crippen LogP contribution in [0, 0.1) is 0 Å². The lowest BCUT2D eigenvalue weighted by molar-refractivity contribution is -0.140. The van der Waals surface area contributed by atoms with Gasteiger partial charge in [-0.05, 0) is 38.5 Å². The van der Waals surface area contributed by atoms with Crippen LogP contribution in [0.25, 0.3) is 0 Å². The topological polar surface area (TPSA) is 214 Å². The van der Waals surface area contributed by atoms with Gasteiger partial charge >= 0.3 is 11.9 Å². The van der Waals surface area contributed by atoms with Crippen LogP contribution < -0.4 is 27.6 Å². The summed E-state index contributed by atoms with van der Waals surface area (Å²) in [6, 6.07) is -1.72. The molecule has 0 saturated heterocycles. The molecular weight excluding hydrogens is 494 g/mol. The Hall–Kier alpha value is -2.73. The number of carbonyl (C=O) groups excluding carboxylic acids is 3. The number of rotatable bonds is 26. The van der Waals surface area contributed by atoms with Gasteiger partial charge in [0.05, 0.1) is 0 Å². The summed E-state index contributed by atoms with van der Waals surface area (Å²) in [5.74, 6) is 2.21. The molecule has 0 aromatic carbocycles. The Morgan fingerprint density at radius 2 is 1.13 bits per heavy atom. The predicted octanol–water partition coefficient (Wildman–Crippen LogP) is 2.10. The first kappa shape index (κ1) is 35.3. The van der Waals surface area contributed by atoms with E-state index < -0.39 is 29.9 Å². The van der Waals surface area contributed by atoms with E-state index in [9.17, 15) is 24.0 Å². The molecule has 0 radical (unpaired) electrons. The first-order chi connectivity index (χ1) is 18.2. The van der Waals surface area contributed by atoms with Crippen molar-refractivity contribution in [2.24, 2.45) is 11.6 Å². The van der Waals surface area contributed by atoms with Crippen molar-refractivity contribution in [3.8, 4) is 0 Å². The monoisotopic (exact) mass is 543 g/mol. The number of carboxylic acid groups (broad SMARTS) is 2. The number of carboxylic acids is 2. The fourth-order valence-corrected chi connectivity index (χ4v) is 4.05. The highest BCUT2D eigenvalue weighted by Gasteiger charge is 2.19. The fourth-order valence-electron chi connectivity index (χ4n) is 4.05. The van der Waals surface area contributed by atoms with Gasteiger partial charge in [-0.3, -0.25) is 29.8 Å². The van der Waals surface area contributed by atoms with Crippen LogP contribution in [0.3, 0.4) is 0 Å². The number of hydrazine groups is 1. The molecule has 0 aliphatic rings. The maximum absolute atomic E-state index is 12.2. The lowest BCUT2D eigenvalue weighted by Gasteiger charge is -2.15. The lowest BCUT2D eigenvalue weighted by Crippen LogP contribution is -2.45. The number of nitrogens with two attached hydrogens (primary N) is 2. The molecule has 220 valence electrons. The maximum atomic E-state index is 12.2. The second kappa shape index (κ2) is 23.4. The Bertz CT molecular complexity index is 705. The van der Waals surface area contributed by atoms with Gasteiger partial charge in [-0.15, -0.1) is 0 Å². The third kappa shape index (κ3) is 21.4. The molecule has 0 aromatic heterocycles. The molecule has 0 aliphatic heterocycles. The van der Waals surface area contributed by atoms with Crippen molar-refractivity contribution >= 4 is 29.7 Å². The standard InChI is InChI=1S/C26H49N5O7/c27-25(36)20(17-18-22(32)29-19-13-12-14-21(31-28)26(37)38)30-23(33)15-10-8-6-4-2-1-3-5-7-9-11-16-24(34)35/h20-21,31H,1-19,28H2,(H2,27,36)(H,29,32)(H,30,33)(H,34,35)(H,37,38)/t20-,21-/m0/s1. The molecule has 12 heteroatoms. The number of nitrogens with one attached hydrogen (secondary N) is 3. The summed E-state index contributed by atoms with van der Waals surface area (Å²) >= 11 is 0. The van der Waals surface area contributed by atoms with Gasteiger partial charge in [-0.25, -0.2) is 5.43 Å². The smallest absolute Gasteiger partial charge is 0.322 e. The van der Waals surface area contributed by atoms with Crippen molar-refractivity contribution < 1.29 is 34.2 Å². The van der Waals surface area contributed by atoms with E-state index in [0.717, 1.165) is 57.8 Å². The SMILES string of the molecule is NN[C@@H](CCCCNC(=O)CC[C@H](NC(=O)CCCCCCCCCCCCCC(=O)O)C(N)=O)C(=O)O. The van der Waals surface area contributed by atoms with Gasteiger partial charge in [-0.1, -0.05) is 57.8 Å². The summed E-state index contributed by atoms with van der Waals surface area (Å²) in [5, 5.41) is 22.8. The second-order valence-electron chi connectivity index (χ2n) is 9.75. The van der Waals surface area contributed by atoms with Crippen LogP contribution in [-0.2, 0) is 24.0 Å². The quantitative estimate of drug-likeness (QED) is 0.0482. The second-order valence-corrected chi connectivity index (χ2v) is 9.75. The molecule has 0 unspecified atom stereocenters. The summed E-state index contributed by atoms with van der Waals surface area (Å²) in [6.45, 7) is 0.373. The van der Waals surface area contributed by atoms with E-state index >= 15 is 0 Å². The molecule has 0 heterocycles. The molecule has 9 N–H and O–H groups in total. The number of primary amides is 1. The predicted molar refractivity (Wildman–Crippen MR) is 144 cm³/mol. The zero-order valence-corrected chi connectivity index (χ0v) is 22.7. The Labute approximate surface area is 226 Å².